The van der Waals surface area contributed by atoms with Crippen molar-refractivity contribution in [2.75, 3.05) is 25.9 Å². The number of anilines is 1. The summed E-state index contributed by atoms with van der Waals surface area (Å²) in [4.78, 5) is 15.0. The number of ether oxygens (including phenoxy) is 4. The van der Waals surface area contributed by atoms with Gasteiger partial charge < -0.3 is 18.9 Å². The number of fused-ring (bicyclic) bond motifs is 1. The summed E-state index contributed by atoms with van der Waals surface area (Å²) in [6, 6.07) is 10.8. The number of carbonyl (C=O) groups is 1. The molecule has 1 fully saturated rings. The maximum Gasteiger partial charge on any atom is 0.270 e. The first-order valence-corrected chi connectivity index (χ1v) is 9.23. The maximum atomic E-state index is 13.0. The molecule has 0 bridgehead atoms. The van der Waals surface area contributed by atoms with Gasteiger partial charge in [-0.25, -0.2) is 0 Å². The van der Waals surface area contributed by atoms with Crippen LogP contribution in [0.1, 0.15) is 5.56 Å². The van der Waals surface area contributed by atoms with Gasteiger partial charge in [0.1, 0.15) is 0 Å². The molecule has 2 heterocycles. The zero-order chi connectivity index (χ0) is 19.0. The fourth-order valence-corrected chi connectivity index (χ4v) is 4.17. The third-order valence-electron chi connectivity index (χ3n) is 4.13. The van der Waals surface area contributed by atoms with E-state index in [1.165, 1.54) is 16.7 Å². The second-order valence-electron chi connectivity index (χ2n) is 5.64. The molecular weight excluding hydrogens is 386 g/mol. The third-order valence-corrected chi connectivity index (χ3v) is 5.43. The Morgan fingerprint density at radius 2 is 1.96 bits per heavy atom. The van der Waals surface area contributed by atoms with E-state index in [9.17, 15) is 4.79 Å². The van der Waals surface area contributed by atoms with Crippen molar-refractivity contribution < 1.29 is 23.7 Å². The number of hydrogen-bond acceptors (Lipinski definition) is 7. The number of carbonyl (C=O) groups excluding carboxylic acids is 1. The number of hydrogen-bond donors (Lipinski definition) is 0. The molecule has 2 aliphatic rings. The first kappa shape index (κ1) is 17.7. The van der Waals surface area contributed by atoms with E-state index in [0.717, 1.165) is 5.56 Å². The molecule has 0 spiro atoms. The van der Waals surface area contributed by atoms with E-state index in [1.54, 1.807) is 44.6 Å². The predicted octanol–water partition coefficient (Wildman–Crippen LogP) is 3.84. The Morgan fingerprint density at radius 3 is 2.74 bits per heavy atom. The molecule has 2 aromatic rings. The molecule has 0 N–H and O–H groups in total. The summed E-state index contributed by atoms with van der Waals surface area (Å²) in [7, 11) is 3.13. The number of benzene rings is 2. The molecule has 1 amide bonds. The smallest absolute Gasteiger partial charge is 0.270 e. The van der Waals surface area contributed by atoms with Gasteiger partial charge in [-0.1, -0.05) is 36.1 Å². The van der Waals surface area contributed by atoms with Crippen LogP contribution in [0.4, 0.5) is 5.69 Å². The van der Waals surface area contributed by atoms with Crippen LogP contribution in [0.3, 0.4) is 0 Å². The summed E-state index contributed by atoms with van der Waals surface area (Å²) in [5, 5.41) is 0. The number of nitrogens with zero attached hydrogens (tertiary/aromatic N) is 1. The van der Waals surface area contributed by atoms with E-state index in [1.807, 2.05) is 12.1 Å². The topological polar surface area (TPSA) is 57.2 Å². The van der Waals surface area contributed by atoms with Crippen molar-refractivity contribution in [2.45, 2.75) is 0 Å². The lowest BCUT2D eigenvalue weighted by molar-refractivity contribution is -0.113. The molecular formula is C19H15NO5S2. The predicted molar refractivity (Wildman–Crippen MR) is 108 cm³/mol. The van der Waals surface area contributed by atoms with Gasteiger partial charge in [-0.05, 0) is 24.3 Å². The minimum Gasteiger partial charge on any atom is -0.493 e. The van der Waals surface area contributed by atoms with Gasteiger partial charge in [0.25, 0.3) is 5.91 Å². The van der Waals surface area contributed by atoms with Gasteiger partial charge in [0.05, 0.1) is 24.8 Å². The van der Waals surface area contributed by atoms with Crippen LogP contribution in [-0.2, 0) is 4.79 Å². The van der Waals surface area contributed by atoms with Crippen molar-refractivity contribution in [3.05, 3.63) is 46.9 Å². The molecule has 0 saturated carbocycles. The van der Waals surface area contributed by atoms with E-state index in [-0.39, 0.29) is 12.7 Å². The van der Waals surface area contributed by atoms with Crippen LogP contribution >= 0.6 is 24.0 Å². The fourth-order valence-electron chi connectivity index (χ4n) is 2.88. The molecule has 4 rings (SSSR count). The first-order chi connectivity index (χ1) is 13.1. The molecule has 0 unspecified atom stereocenters. The van der Waals surface area contributed by atoms with Gasteiger partial charge in [-0.3, -0.25) is 9.69 Å². The fraction of sp³-hybridized carbons (Fsp3) is 0.158. The van der Waals surface area contributed by atoms with Crippen molar-refractivity contribution >= 4 is 46.0 Å². The average molecular weight is 401 g/mol. The van der Waals surface area contributed by atoms with Crippen LogP contribution in [0.2, 0.25) is 0 Å². The normalized spacial score (nSPS) is 17.0. The largest absolute Gasteiger partial charge is 0.493 e. The molecule has 6 nitrogen and oxygen atoms in total. The van der Waals surface area contributed by atoms with Crippen LogP contribution in [0.15, 0.2) is 41.3 Å². The monoisotopic (exact) mass is 401 g/mol. The van der Waals surface area contributed by atoms with E-state index in [4.69, 9.17) is 31.2 Å². The third kappa shape index (κ3) is 3.11. The minimum absolute atomic E-state index is 0.173. The van der Waals surface area contributed by atoms with Crippen LogP contribution in [0.5, 0.6) is 23.0 Å². The molecule has 0 aliphatic carbocycles. The highest BCUT2D eigenvalue weighted by atomic mass is 32.2. The Hall–Kier alpha value is -2.71. The highest BCUT2D eigenvalue weighted by molar-refractivity contribution is 8.27. The number of amides is 1. The Morgan fingerprint density at radius 1 is 1.15 bits per heavy atom. The molecule has 2 aliphatic heterocycles. The van der Waals surface area contributed by atoms with Crippen LogP contribution < -0.4 is 23.8 Å². The number of thioether (sulfide) groups is 1. The Bertz CT molecular complexity index is 973. The van der Waals surface area contributed by atoms with Crippen molar-refractivity contribution in [3.63, 3.8) is 0 Å². The molecule has 1 saturated heterocycles. The molecule has 8 heteroatoms. The van der Waals surface area contributed by atoms with Crippen LogP contribution in [0.25, 0.3) is 6.08 Å². The lowest BCUT2D eigenvalue weighted by atomic mass is 10.1. The standard InChI is InChI=1S/C19H15NO5S2/c1-22-14-5-3-4-11(17(14)23-2)8-16-18(21)20(19(26)27-16)12-6-7-13-15(9-12)25-10-24-13/h3-9H,10H2,1-2H3/b16-8-. The van der Waals surface area contributed by atoms with Gasteiger partial charge in [-0.15, -0.1) is 0 Å². The summed E-state index contributed by atoms with van der Waals surface area (Å²) in [6.45, 7) is 0.173. The second-order valence-corrected chi connectivity index (χ2v) is 7.31. The van der Waals surface area contributed by atoms with E-state index < -0.39 is 0 Å². The van der Waals surface area contributed by atoms with Gasteiger partial charge >= 0.3 is 0 Å². The number of thiocarbonyl (C=S) groups is 1. The second kappa shape index (κ2) is 7.13. The zero-order valence-electron chi connectivity index (χ0n) is 14.6. The Balaban J connectivity index is 1.68. The molecule has 2 aromatic carbocycles. The van der Waals surface area contributed by atoms with Crippen LogP contribution in [0, 0.1) is 0 Å². The number of para-hydroxylation sites is 1. The van der Waals surface area contributed by atoms with Gasteiger partial charge in [0.2, 0.25) is 6.79 Å². The average Bonchev–Trinajstić information content (AvgIpc) is 3.25. The van der Waals surface area contributed by atoms with Crippen molar-refractivity contribution in [2.24, 2.45) is 0 Å². The summed E-state index contributed by atoms with van der Waals surface area (Å²) in [5.41, 5.74) is 1.38. The van der Waals surface area contributed by atoms with Gasteiger partial charge in [0.15, 0.2) is 27.3 Å². The van der Waals surface area contributed by atoms with Gasteiger partial charge in [-0.2, -0.15) is 0 Å². The molecule has 138 valence electrons. The lowest BCUT2D eigenvalue weighted by Crippen LogP contribution is -2.27. The van der Waals surface area contributed by atoms with Crippen molar-refractivity contribution in [3.8, 4) is 23.0 Å². The minimum atomic E-state index is -0.200. The molecule has 27 heavy (non-hydrogen) atoms. The molecule has 0 radical (unpaired) electrons. The van der Waals surface area contributed by atoms with Crippen molar-refractivity contribution in [1.82, 2.24) is 0 Å². The van der Waals surface area contributed by atoms with E-state index in [2.05, 4.69) is 0 Å². The molecule has 0 aromatic heterocycles. The quantitative estimate of drug-likeness (QED) is 0.570. The SMILES string of the molecule is COc1cccc(/C=C2\SC(=S)N(c3ccc4c(c3)OCO4)C2=O)c1OC. The maximum absolute atomic E-state index is 13.0. The summed E-state index contributed by atoms with van der Waals surface area (Å²) in [6.07, 6.45) is 1.76. The Kier molecular flexibility index (Phi) is 4.67. The van der Waals surface area contributed by atoms with Crippen molar-refractivity contribution in [1.29, 1.82) is 0 Å². The number of methoxy groups -OCH3 is 2. The Labute approximate surface area is 165 Å². The zero-order valence-corrected chi connectivity index (χ0v) is 16.2. The van der Waals surface area contributed by atoms with E-state index >= 15 is 0 Å². The first-order valence-electron chi connectivity index (χ1n) is 8.01. The van der Waals surface area contributed by atoms with E-state index in [0.29, 0.717) is 37.9 Å². The number of rotatable bonds is 4. The highest BCUT2D eigenvalue weighted by Gasteiger charge is 2.34. The van der Waals surface area contributed by atoms with Crippen LogP contribution in [-0.4, -0.2) is 31.2 Å². The summed E-state index contributed by atoms with van der Waals surface area (Å²) >= 11 is 6.67. The summed E-state index contributed by atoms with van der Waals surface area (Å²) < 4.78 is 21.9. The molecule has 0 atom stereocenters. The highest BCUT2D eigenvalue weighted by Crippen LogP contribution is 2.42. The lowest BCUT2D eigenvalue weighted by Gasteiger charge is -2.15. The van der Waals surface area contributed by atoms with Gasteiger partial charge in [0, 0.05) is 11.6 Å². The summed E-state index contributed by atoms with van der Waals surface area (Å²) in [5.74, 6) is 2.21.